The highest BCUT2D eigenvalue weighted by Crippen LogP contribution is 2.21. The average molecular weight is 322 g/mol. The molecule has 96 valence electrons. The Hall–Kier alpha value is -0.590. The number of nitrogens with one attached hydrogen (secondary N) is 1. The molecule has 0 unspecified atom stereocenters. The lowest BCUT2D eigenvalue weighted by molar-refractivity contribution is 0.199. The summed E-state index contributed by atoms with van der Waals surface area (Å²) in [7, 11) is -1.73. The lowest BCUT2D eigenvalue weighted by atomic mass is 10.2. The van der Waals surface area contributed by atoms with Crippen molar-refractivity contribution < 1.29 is 13.2 Å². The Bertz CT molecular complexity index is 474. The van der Waals surface area contributed by atoms with Crippen molar-refractivity contribution in [3.63, 3.8) is 0 Å². The average Bonchev–Trinajstić information content (AvgIpc) is 2.22. The Morgan fingerprint density at radius 3 is 2.71 bits per heavy atom. The molecule has 1 rings (SSSR count). The smallest absolute Gasteiger partial charge is 0.232 e. The third kappa shape index (κ3) is 5.06. The van der Waals surface area contributed by atoms with Gasteiger partial charge in [0.05, 0.1) is 11.4 Å². The number of halogens is 1. The van der Waals surface area contributed by atoms with Gasteiger partial charge < -0.3 is 4.74 Å². The Balaban J connectivity index is 2.69. The first-order valence-corrected chi connectivity index (χ1v) is 7.65. The van der Waals surface area contributed by atoms with Crippen LogP contribution in [0.4, 0.5) is 5.69 Å². The van der Waals surface area contributed by atoms with E-state index in [0.717, 1.165) is 10.0 Å². The van der Waals surface area contributed by atoms with Gasteiger partial charge >= 0.3 is 0 Å². The van der Waals surface area contributed by atoms with Gasteiger partial charge in [0.15, 0.2) is 0 Å². The van der Waals surface area contributed by atoms with Crippen LogP contribution in [0.15, 0.2) is 22.7 Å². The van der Waals surface area contributed by atoms with Crippen LogP contribution in [0.5, 0.6) is 0 Å². The Kier molecular flexibility index (Phi) is 5.42. The van der Waals surface area contributed by atoms with E-state index in [1.807, 2.05) is 13.0 Å². The second kappa shape index (κ2) is 6.37. The molecule has 0 heterocycles. The number of ether oxygens (including phenoxy) is 1. The largest absolute Gasteiger partial charge is 0.385 e. The molecule has 1 N–H and O–H groups in total. The molecule has 0 atom stereocenters. The summed E-state index contributed by atoms with van der Waals surface area (Å²) >= 11 is 3.33. The van der Waals surface area contributed by atoms with E-state index in [1.165, 1.54) is 0 Å². The summed E-state index contributed by atoms with van der Waals surface area (Å²) in [5.41, 5.74) is 1.50. The lowest BCUT2D eigenvalue weighted by Gasteiger charge is -2.10. The van der Waals surface area contributed by atoms with E-state index in [2.05, 4.69) is 20.7 Å². The Labute approximate surface area is 111 Å². The molecule has 17 heavy (non-hydrogen) atoms. The molecule has 0 spiro atoms. The zero-order valence-corrected chi connectivity index (χ0v) is 12.3. The van der Waals surface area contributed by atoms with Crippen molar-refractivity contribution in [3.05, 3.63) is 28.2 Å². The predicted octanol–water partition coefficient (Wildman–Crippen LogP) is 2.54. The minimum absolute atomic E-state index is 0.0658. The highest BCUT2D eigenvalue weighted by atomic mass is 79.9. The molecule has 4 nitrogen and oxygen atoms in total. The third-order valence-corrected chi connectivity index (χ3v) is 4.07. The van der Waals surface area contributed by atoms with Gasteiger partial charge in [-0.2, -0.15) is 0 Å². The predicted molar refractivity (Wildman–Crippen MR) is 72.8 cm³/mol. The maximum Gasteiger partial charge on any atom is 0.232 e. The summed E-state index contributed by atoms with van der Waals surface area (Å²) in [6, 6.07) is 5.42. The van der Waals surface area contributed by atoms with Gasteiger partial charge in [-0.15, -0.1) is 0 Å². The second-order valence-corrected chi connectivity index (χ2v) is 6.48. The minimum atomic E-state index is -3.29. The number of benzene rings is 1. The van der Waals surface area contributed by atoms with E-state index in [1.54, 1.807) is 19.2 Å². The summed E-state index contributed by atoms with van der Waals surface area (Å²) in [5.74, 6) is 0.0658. The summed E-state index contributed by atoms with van der Waals surface area (Å²) in [6.45, 7) is 2.30. The molecule has 0 aromatic heterocycles. The summed E-state index contributed by atoms with van der Waals surface area (Å²) in [5, 5.41) is 0. The number of rotatable bonds is 6. The fraction of sp³-hybridized carbons (Fsp3) is 0.455. The SMILES string of the molecule is COCCCS(=O)(=O)Nc1ccc(Br)cc1C. The molecule has 1 aromatic rings. The summed E-state index contributed by atoms with van der Waals surface area (Å²) in [6.07, 6.45) is 0.488. The molecule has 0 fully saturated rings. The Morgan fingerprint density at radius 2 is 2.12 bits per heavy atom. The number of hydrogen-bond donors (Lipinski definition) is 1. The fourth-order valence-electron chi connectivity index (χ4n) is 1.35. The van der Waals surface area contributed by atoms with Crippen molar-refractivity contribution in [2.75, 3.05) is 24.2 Å². The molecule has 1 aromatic carbocycles. The fourth-order valence-corrected chi connectivity index (χ4v) is 2.99. The first-order valence-electron chi connectivity index (χ1n) is 5.20. The summed E-state index contributed by atoms with van der Waals surface area (Å²) in [4.78, 5) is 0. The number of aryl methyl sites for hydroxylation is 1. The Morgan fingerprint density at radius 1 is 1.41 bits per heavy atom. The van der Waals surface area contributed by atoms with Crippen LogP contribution in [0.25, 0.3) is 0 Å². The number of hydrogen-bond acceptors (Lipinski definition) is 3. The molecule has 0 amide bonds. The standard InChI is InChI=1S/C11H16BrNO3S/c1-9-8-10(12)4-5-11(9)13-17(14,15)7-3-6-16-2/h4-5,8,13H,3,6-7H2,1-2H3. The second-order valence-electron chi connectivity index (χ2n) is 3.73. The highest BCUT2D eigenvalue weighted by Gasteiger charge is 2.11. The van der Waals surface area contributed by atoms with E-state index >= 15 is 0 Å². The first-order chi connectivity index (χ1) is 7.94. The number of anilines is 1. The number of sulfonamides is 1. The van der Waals surface area contributed by atoms with Gasteiger partial charge in [0.2, 0.25) is 10.0 Å². The van der Waals surface area contributed by atoms with Crippen molar-refractivity contribution >= 4 is 31.6 Å². The van der Waals surface area contributed by atoms with E-state index in [9.17, 15) is 8.42 Å². The molecule has 6 heteroatoms. The van der Waals surface area contributed by atoms with Crippen molar-refractivity contribution in [2.45, 2.75) is 13.3 Å². The van der Waals surface area contributed by atoms with Crippen LogP contribution < -0.4 is 4.72 Å². The van der Waals surface area contributed by atoms with E-state index in [0.29, 0.717) is 18.7 Å². The zero-order chi connectivity index (χ0) is 12.9. The topological polar surface area (TPSA) is 55.4 Å². The first kappa shape index (κ1) is 14.5. The third-order valence-electron chi connectivity index (χ3n) is 2.22. The van der Waals surface area contributed by atoms with E-state index < -0.39 is 10.0 Å². The quantitative estimate of drug-likeness (QED) is 0.819. The molecular weight excluding hydrogens is 306 g/mol. The van der Waals surface area contributed by atoms with Crippen LogP contribution in [0.1, 0.15) is 12.0 Å². The van der Waals surface area contributed by atoms with Gasteiger partial charge in [-0.25, -0.2) is 8.42 Å². The maximum absolute atomic E-state index is 11.7. The van der Waals surface area contributed by atoms with Crippen molar-refractivity contribution in [3.8, 4) is 0 Å². The van der Waals surface area contributed by atoms with Crippen LogP contribution >= 0.6 is 15.9 Å². The maximum atomic E-state index is 11.7. The van der Waals surface area contributed by atoms with Gasteiger partial charge in [-0.3, -0.25) is 4.72 Å². The molecule has 0 aliphatic rings. The normalized spacial score (nSPS) is 11.5. The van der Waals surface area contributed by atoms with Gasteiger partial charge in [0, 0.05) is 18.2 Å². The molecule has 0 saturated carbocycles. The van der Waals surface area contributed by atoms with Crippen molar-refractivity contribution in [2.24, 2.45) is 0 Å². The van der Waals surface area contributed by atoms with E-state index in [4.69, 9.17) is 4.74 Å². The molecule has 0 saturated heterocycles. The van der Waals surface area contributed by atoms with Crippen LogP contribution in [0.3, 0.4) is 0 Å². The van der Waals surface area contributed by atoms with Crippen LogP contribution in [-0.2, 0) is 14.8 Å². The van der Waals surface area contributed by atoms with Crippen molar-refractivity contribution in [1.82, 2.24) is 0 Å². The molecular formula is C11H16BrNO3S. The molecule has 0 aliphatic carbocycles. The molecule has 0 bridgehead atoms. The zero-order valence-electron chi connectivity index (χ0n) is 9.86. The summed E-state index contributed by atoms with van der Waals surface area (Å²) < 4.78 is 31.8. The molecule has 0 radical (unpaired) electrons. The molecule has 0 aliphatic heterocycles. The van der Waals surface area contributed by atoms with E-state index in [-0.39, 0.29) is 5.75 Å². The van der Waals surface area contributed by atoms with Gasteiger partial charge in [-0.1, -0.05) is 15.9 Å². The van der Waals surface area contributed by atoms with Crippen molar-refractivity contribution in [1.29, 1.82) is 0 Å². The highest BCUT2D eigenvalue weighted by molar-refractivity contribution is 9.10. The van der Waals surface area contributed by atoms with Gasteiger partial charge in [0.25, 0.3) is 0 Å². The monoisotopic (exact) mass is 321 g/mol. The van der Waals surface area contributed by atoms with Crippen LogP contribution in [0, 0.1) is 6.92 Å². The number of methoxy groups -OCH3 is 1. The lowest BCUT2D eigenvalue weighted by Crippen LogP contribution is -2.18. The van der Waals surface area contributed by atoms with Gasteiger partial charge in [0.1, 0.15) is 0 Å². The van der Waals surface area contributed by atoms with Crippen LogP contribution in [-0.4, -0.2) is 27.9 Å². The minimum Gasteiger partial charge on any atom is -0.385 e. The van der Waals surface area contributed by atoms with Gasteiger partial charge in [-0.05, 0) is 37.1 Å². The van der Waals surface area contributed by atoms with Crippen LogP contribution in [0.2, 0.25) is 0 Å².